The van der Waals surface area contributed by atoms with Gasteiger partial charge in [-0.1, -0.05) is 50.5 Å². The summed E-state index contributed by atoms with van der Waals surface area (Å²) in [5.74, 6) is 0. The Labute approximate surface area is 107 Å². The van der Waals surface area contributed by atoms with Gasteiger partial charge in [-0.25, -0.2) is 0 Å². The van der Waals surface area contributed by atoms with Crippen LogP contribution in [0.3, 0.4) is 0 Å². The smallest absolute Gasteiger partial charge is 0.119 e. The Hall–Kier alpha value is -0.850. The molecule has 0 heterocycles. The summed E-state index contributed by atoms with van der Waals surface area (Å²) in [6.07, 6.45) is 21.7. The first kappa shape index (κ1) is 16.1. The summed E-state index contributed by atoms with van der Waals surface area (Å²) in [6, 6.07) is 0. The Bertz CT molecular complexity index is 204. The molecule has 98 valence electrons. The average molecular weight is 236 g/mol. The van der Waals surface area contributed by atoms with Crippen molar-refractivity contribution in [3.8, 4) is 0 Å². The van der Waals surface area contributed by atoms with Gasteiger partial charge in [-0.2, -0.15) is 0 Å². The minimum Gasteiger partial charge on any atom is -0.303 e. The Kier molecular flexibility index (Phi) is 14.4. The lowest BCUT2D eigenvalue weighted by molar-refractivity contribution is -0.107. The third-order valence-electron chi connectivity index (χ3n) is 2.75. The lowest BCUT2D eigenvalue weighted by Crippen LogP contribution is -1.77. The minimum atomic E-state index is 0.728. The van der Waals surface area contributed by atoms with E-state index in [-0.39, 0.29) is 0 Å². The summed E-state index contributed by atoms with van der Waals surface area (Å²) in [5.41, 5.74) is 0. The van der Waals surface area contributed by atoms with E-state index in [1.165, 1.54) is 44.9 Å². The van der Waals surface area contributed by atoms with E-state index in [4.69, 9.17) is 0 Å². The molecule has 0 aliphatic carbocycles. The van der Waals surface area contributed by atoms with Gasteiger partial charge in [0.05, 0.1) is 0 Å². The third-order valence-corrected chi connectivity index (χ3v) is 2.75. The van der Waals surface area contributed by atoms with E-state index >= 15 is 0 Å². The van der Waals surface area contributed by atoms with Gasteiger partial charge in [0, 0.05) is 6.42 Å². The number of hydrogen-bond acceptors (Lipinski definition) is 1. The summed E-state index contributed by atoms with van der Waals surface area (Å²) < 4.78 is 0. The standard InChI is InChI=1S/C16H28O/c1-2-3-4-5-6-7-8-9-10-11-12-13-14-15-16-17/h5-6,9-10,16H,2-4,7-8,11-15H2,1H3/b6-5?,10-9+. The predicted molar refractivity (Wildman–Crippen MR) is 76.2 cm³/mol. The van der Waals surface area contributed by atoms with Crippen molar-refractivity contribution in [1.29, 1.82) is 0 Å². The van der Waals surface area contributed by atoms with Crippen molar-refractivity contribution in [2.24, 2.45) is 0 Å². The topological polar surface area (TPSA) is 17.1 Å². The molecule has 0 saturated carbocycles. The first-order chi connectivity index (χ1) is 8.41. The van der Waals surface area contributed by atoms with Gasteiger partial charge in [-0.15, -0.1) is 0 Å². The fraction of sp³-hybridized carbons (Fsp3) is 0.688. The van der Waals surface area contributed by atoms with Gasteiger partial charge in [-0.05, 0) is 38.5 Å². The number of aldehydes is 1. The van der Waals surface area contributed by atoms with Gasteiger partial charge in [0.1, 0.15) is 6.29 Å². The lowest BCUT2D eigenvalue weighted by Gasteiger charge is -1.93. The molecule has 0 amide bonds. The van der Waals surface area contributed by atoms with E-state index in [0.717, 1.165) is 25.5 Å². The maximum atomic E-state index is 10.1. The molecule has 1 heteroatoms. The molecular formula is C16H28O. The van der Waals surface area contributed by atoms with Gasteiger partial charge in [-0.3, -0.25) is 0 Å². The number of hydrogen-bond donors (Lipinski definition) is 0. The van der Waals surface area contributed by atoms with Crippen LogP contribution in [0, 0.1) is 0 Å². The third kappa shape index (κ3) is 15.1. The first-order valence-electron chi connectivity index (χ1n) is 7.15. The van der Waals surface area contributed by atoms with Crippen LogP contribution in [-0.4, -0.2) is 6.29 Å². The Morgan fingerprint density at radius 1 is 0.647 bits per heavy atom. The number of allylic oxidation sites excluding steroid dienone is 4. The second kappa shape index (κ2) is 15.1. The molecule has 17 heavy (non-hydrogen) atoms. The van der Waals surface area contributed by atoms with Crippen LogP contribution in [0.5, 0.6) is 0 Å². The molecular weight excluding hydrogens is 208 g/mol. The highest BCUT2D eigenvalue weighted by atomic mass is 16.1. The van der Waals surface area contributed by atoms with Crippen molar-refractivity contribution >= 4 is 6.29 Å². The number of carbonyl (C=O) groups is 1. The molecule has 0 saturated heterocycles. The van der Waals surface area contributed by atoms with E-state index < -0.39 is 0 Å². The van der Waals surface area contributed by atoms with Crippen LogP contribution >= 0.6 is 0 Å². The van der Waals surface area contributed by atoms with E-state index in [2.05, 4.69) is 31.2 Å². The van der Waals surface area contributed by atoms with Crippen LogP contribution in [0.1, 0.15) is 71.1 Å². The molecule has 0 fully saturated rings. The normalized spacial score (nSPS) is 11.6. The van der Waals surface area contributed by atoms with Crippen molar-refractivity contribution in [2.75, 3.05) is 0 Å². The molecule has 0 spiro atoms. The Morgan fingerprint density at radius 3 is 1.76 bits per heavy atom. The van der Waals surface area contributed by atoms with Gasteiger partial charge < -0.3 is 4.79 Å². The van der Waals surface area contributed by atoms with Gasteiger partial charge in [0.15, 0.2) is 0 Å². The molecule has 0 aliphatic heterocycles. The van der Waals surface area contributed by atoms with Crippen LogP contribution < -0.4 is 0 Å². The molecule has 0 rings (SSSR count). The van der Waals surface area contributed by atoms with Gasteiger partial charge >= 0.3 is 0 Å². The molecule has 0 N–H and O–H groups in total. The van der Waals surface area contributed by atoms with Gasteiger partial charge in [0.25, 0.3) is 0 Å². The van der Waals surface area contributed by atoms with Crippen LogP contribution in [-0.2, 0) is 4.79 Å². The largest absolute Gasteiger partial charge is 0.303 e. The quantitative estimate of drug-likeness (QED) is 0.258. The SMILES string of the molecule is CCCCC=CCC/C=C/CCCCCC=O. The molecule has 0 radical (unpaired) electrons. The lowest BCUT2D eigenvalue weighted by atomic mass is 10.1. The van der Waals surface area contributed by atoms with Crippen molar-refractivity contribution in [3.63, 3.8) is 0 Å². The molecule has 0 aromatic rings. The minimum absolute atomic E-state index is 0.728. The summed E-state index contributed by atoms with van der Waals surface area (Å²) >= 11 is 0. The highest BCUT2D eigenvalue weighted by Crippen LogP contribution is 2.04. The molecule has 0 bridgehead atoms. The Balaban J connectivity index is 3.14. The summed E-state index contributed by atoms with van der Waals surface area (Å²) in [4.78, 5) is 10.1. The molecule has 0 aliphatic rings. The average Bonchev–Trinajstić information content (AvgIpc) is 2.35. The van der Waals surface area contributed by atoms with Gasteiger partial charge in [0.2, 0.25) is 0 Å². The molecule has 0 aromatic carbocycles. The van der Waals surface area contributed by atoms with E-state index in [1.54, 1.807) is 0 Å². The fourth-order valence-corrected chi connectivity index (χ4v) is 1.65. The zero-order valence-electron chi connectivity index (χ0n) is 11.4. The first-order valence-corrected chi connectivity index (χ1v) is 7.15. The summed E-state index contributed by atoms with van der Waals surface area (Å²) in [5, 5.41) is 0. The second-order valence-electron chi connectivity index (χ2n) is 4.47. The number of rotatable bonds is 12. The summed E-state index contributed by atoms with van der Waals surface area (Å²) in [6.45, 7) is 2.23. The second-order valence-corrected chi connectivity index (χ2v) is 4.47. The maximum Gasteiger partial charge on any atom is 0.119 e. The molecule has 0 atom stereocenters. The predicted octanol–water partition coefficient (Wildman–Crippen LogP) is 5.22. The zero-order chi connectivity index (χ0) is 12.6. The van der Waals surface area contributed by atoms with E-state index in [0.29, 0.717) is 0 Å². The van der Waals surface area contributed by atoms with E-state index in [9.17, 15) is 4.79 Å². The number of carbonyl (C=O) groups excluding carboxylic acids is 1. The molecule has 1 nitrogen and oxygen atoms in total. The maximum absolute atomic E-state index is 10.1. The van der Waals surface area contributed by atoms with Crippen LogP contribution in [0.4, 0.5) is 0 Å². The fourth-order valence-electron chi connectivity index (χ4n) is 1.65. The van der Waals surface area contributed by atoms with E-state index in [1.807, 2.05) is 0 Å². The highest BCUT2D eigenvalue weighted by molar-refractivity contribution is 5.48. The van der Waals surface area contributed by atoms with Crippen LogP contribution in [0.25, 0.3) is 0 Å². The summed E-state index contributed by atoms with van der Waals surface area (Å²) in [7, 11) is 0. The zero-order valence-corrected chi connectivity index (χ0v) is 11.4. The highest BCUT2D eigenvalue weighted by Gasteiger charge is 1.86. The molecule has 0 aromatic heterocycles. The van der Waals surface area contributed by atoms with Crippen molar-refractivity contribution in [2.45, 2.75) is 71.1 Å². The van der Waals surface area contributed by atoms with Crippen LogP contribution in [0.2, 0.25) is 0 Å². The number of unbranched alkanes of at least 4 members (excludes halogenated alkanes) is 7. The van der Waals surface area contributed by atoms with Crippen molar-refractivity contribution < 1.29 is 4.79 Å². The monoisotopic (exact) mass is 236 g/mol. The molecule has 0 unspecified atom stereocenters. The van der Waals surface area contributed by atoms with Crippen molar-refractivity contribution in [3.05, 3.63) is 24.3 Å². The Morgan fingerprint density at radius 2 is 1.18 bits per heavy atom. The van der Waals surface area contributed by atoms with Crippen molar-refractivity contribution in [1.82, 2.24) is 0 Å². The van der Waals surface area contributed by atoms with Crippen LogP contribution in [0.15, 0.2) is 24.3 Å².